The van der Waals surface area contributed by atoms with Gasteiger partial charge in [0.1, 0.15) is 5.75 Å². The zero-order chi connectivity index (χ0) is 10.8. The maximum absolute atomic E-state index is 10.7. The van der Waals surface area contributed by atoms with E-state index in [0.29, 0.717) is 0 Å². The Balaban J connectivity index is 2.31. The van der Waals surface area contributed by atoms with Crippen molar-refractivity contribution in [2.45, 2.75) is 25.2 Å². The van der Waals surface area contributed by atoms with Crippen LogP contribution in [0.25, 0.3) is 0 Å². The Bertz CT molecular complexity index is 384. The van der Waals surface area contributed by atoms with E-state index in [1.807, 2.05) is 18.2 Å². The Morgan fingerprint density at radius 3 is 3.07 bits per heavy atom. The number of aliphatic carboxylic acids is 1. The highest BCUT2D eigenvalue weighted by atomic mass is 16.5. The summed E-state index contributed by atoms with van der Waals surface area (Å²) in [5.41, 5.74) is 2.34. The summed E-state index contributed by atoms with van der Waals surface area (Å²) in [6, 6.07) is 5.87. The van der Waals surface area contributed by atoms with Gasteiger partial charge in [-0.2, -0.15) is 0 Å². The first-order chi connectivity index (χ1) is 7.22. The predicted octanol–water partition coefficient (Wildman–Crippen LogP) is 2.20. The molecule has 15 heavy (non-hydrogen) atoms. The predicted molar refractivity (Wildman–Crippen MR) is 56.3 cm³/mol. The lowest BCUT2D eigenvalue weighted by atomic mass is 9.98. The Hall–Kier alpha value is -1.51. The van der Waals surface area contributed by atoms with Crippen molar-refractivity contribution in [1.82, 2.24) is 0 Å². The summed E-state index contributed by atoms with van der Waals surface area (Å²) in [5.74, 6) is 0.323. The molecule has 0 spiro atoms. The van der Waals surface area contributed by atoms with Crippen molar-refractivity contribution >= 4 is 5.97 Å². The molecular weight excluding hydrogens is 192 g/mol. The Kier molecular flexibility index (Phi) is 2.62. The van der Waals surface area contributed by atoms with Crippen LogP contribution in [-0.4, -0.2) is 18.2 Å². The third-order valence-electron chi connectivity index (χ3n) is 2.99. The second-order valence-electron chi connectivity index (χ2n) is 3.86. The third kappa shape index (κ3) is 1.82. The monoisotopic (exact) mass is 206 g/mol. The highest BCUT2D eigenvalue weighted by Crippen LogP contribution is 2.39. The van der Waals surface area contributed by atoms with Crippen LogP contribution in [0.2, 0.25) is 0 Å². The third-order valence-corrected chi connectivity index (χ3v) is 2.99. The molecule has 1 atom stereocenters. The molecule has 0 aromatic heterocycles. The van der Waals surface area contributed by atoms with Crippen LogP contribution in [0.1, 0.15) is 29.9 Å². The molecule has 1 aliphatic rings. The lowest BCUT2D eigenvalue weighted by Gasteiger charge is -2.10. The first-order valence-electron chi connectivity index (χ1n) is 5.10. The smallest absolute Gasteiger partial charge is 0.303 e. The second kappa shape index (κ2) is 3.93. The van der Waals surface area contributed by atoms with Crippen LogP contribution in [0.5, 0.6) is 5.75 Å². The molecule has 0 radical (unpaired) electrons. The number of fused-ring (bicyclic) bond motifs is 1. The first kappa shape index (κ1) is 10.0. The maximum atomic E-state index is 10.7. The van der Waals surface area contributed by atoms with Crippen molar-refractivity contribution in [2.75, 3.05) is 7.11 Å². The van der Waals surface area contributed by atoms with E-state index in [1.165, 1.54) is 5.56 Å². The standard InChI is InChI=1S/C12H14O3/c1-15-11-4-2-3-9-8(7-12(13)14)5-6-10(9)11/h2-4,8H,5-7H2,1H3,(H,13,14). The summed E-state index contributed by atoms with van der Waals surface area (Å²) in [5, 5.41) is 8.79. The van der Waals surface area contributed by atoms with Crippen LogP contribution in [0.15, 0.2) is 18.2 Å². The molecule has 1 N–H and O–H groups in total. The maximum Gasteiger partial charge on any atom is 0.303 e. The minimum Gasteiger partial charge on any atom is -0.496 e. The van der Waals surface area contributed by atoms with E-state index in [2.05, 4.69) is 0 Å². The van der Waals surface area contributed by atoms with E-state index < -0.39 is 5.97 Å². The minimum absolute atomic E-state index is 0.160. The van der Waals surface area contributed by atoms with E-state index in [0.717, 1.165) is 24.2 Å². The largest absolute Gasteiger partial charge is 0.496 e. The van der Waals surface area contributed by atoms with Gasteiger partial charge in [0.05, 0.1) is 13.5 Å². The molecule has 0 heterocycles. The number of carboxylic acids is 1. The zero-order valence-electron chi connectivity index (χ0n) is 8.69. The van der Waals surface area contributed by atoms with E-state index in [9.17, 15) is 4.79 Å². The fourth-order valence-electron chi connectivity index (χ4n) is 2.32. The van der Waals surface area contributed by atoms with Gasteiger partial charge < -0.3 is 9.84 Å². The van der Waals surface area contributed by atoms with Crippen LogP contribution in [0.3, 0.4) is 0 Å². The van der Waals surface area contributed by atoms with Gasteiger partial charge in [0.2, 0.25) is 0 Å². The van der Waals surface area contributed by atoms with Crippen molar-refractivity contribution in [3.8, 4) is 5.75 Å². The van der Waals surface area contributed by atoms with Gasteiger partial charge in [-0.1, -0.05) is 12.1 Å². The number of hydrogen-bond donors (Lipinski definition) is 1. The molecule has 0 bridgehead atoms. The molecule has 0 aliphatic heterocycles. The zero-order valence-corrected chi connectivity index (χ0v) is 8.69. The van der Waals surface area contributed by atoms with Crippen molar-refractivity contribution < 1.29 is 14.6 Å². The van der Waals surface area contributed by atoms with Gasteiger partial charge in [-0.25, -0.2) is 0 Å². The molecule has 1 aromatic carbocycles. The summed E-state index contributed by atoms with van der Waals surface area (Å²) < 4.78 is 5.26. The lowest BCUT2D eigenvalue weighted by Crippen LogP contribution is -2.03. The molecule has 1 aromatic rings. The fraction of sp³-hybridized carbons (Fsp3) is 0.417. The summed E-state index contributed by atoms with van der Waals surface area (Å²) in [7, 11) is 1.65. The van der Waals surface area contributed by atoms with E-state index in [-0.39, 0.29) is 12.3 Å². The molecule has 0 fully saturated rings. The molecule has 3 nitrogen and oxygen atoms in total. The van der Waals surface area contributed by atoms with Crippen molar-refractivity contribution in [3.05, 3.63) is 29.3 Å². The topological polar surface area (TPSA) is 46.5 Å². The molecule has 1 aliphatic carbocycles. The average molecular weight is 206 g/mol. The molecule has 80 valence electrons. The quantitative estimate of drug-likeness (QED) is 0.824. The number of rotatable bonds is 3. The second-order valence-corrected chi connectivity index (χ2v) is 3.86. The van der Waals surface area contributed by atoms with E-state index in [1.54, 1.807) is 7.11 Å². The van der Waals surface area contributed by atoms with Crippen molar-refractivity contribution in [2.24, 2.45) is 0 Å². The molecule has 3 heteroatoms. The fourth-order valence-corrected chi connectivity index (χ4v) is 2.32. The lowest BCUT2D eigenvalue weighted by molar-refractivity contribution is -0.137. The molecule has 2 rings (SSSR count). The first-order valence-corrected chi connectivity index (χ1v) is 5.10. The molecular formula is C12H14O3. The Labute approximate surface area is 88.7 Å². The Morgan fingerprint density at radius 1 is 1.60 bits per heavy atom. The van der Waals surface area contributed by atoms with Gasteiger partial charge in [-0.15, -0.1) is 0 Å². The minimum atomic E-state index is -0.726. The summed E-state index contributed by atoms with van der Waals surface area (Å²) in [4.78, 5) is 10.7. The van der Waals surface area contributed by atoms with Crippen molar-refractivity contribution in [3.63, 3.8) is 0 Å². The van der Waals surface area contributed by atoms with Gasteiger partial charge in [-0.3, -0.25) is 4.79 Å². The normalized spacial score (nSPS) is 18.6. The number of carboxylic acid groups (broad SMARTS) is 1. The van der Waals surface area contributed by atoms with Gasteiger partial charge in [0.25, 0.3) is 0 Å². The number of hydrogen-bond acceptors (Lipinski definition) is 2. The average Bonchev–Trinajstić information content (AvgIpc) is 2.61. The highest BCUT2D eigenvalue weighted by molar-refractivity contribution is 5.68. The van der Waals surface area contributed by atoms with E-state index >= 15 is 0 Å². The van der Waals surface area contributed by atoms with Crippen LogP contribution in [-0.2, 0) is 11.2 Å². The molecule has 0 amide bonds. The number of benzene rings is 1. The van der Waals surface area contributed by atoms with Crippen LogP contribution >= 0.6 is 0 Å². The highest BCUT2D eigenvalue weighted by Gasteiger charge is 2.26. The van der Waals surface area contributed by atoms with Gasteiger partial charge in [0, 0.05) is 0 Å². The Morgan fingerprint density at radius 2 is 2.40 bits per heavy atom. The molecule has 1 unspecified atom stereocenters. The van der Waals surface area contributed by atoms with E-state index in [4.69, 9.17) is 9.84 Å². The van der Waals surface area contributed by atoms with Crippen molar-refractivity contribution in [1.29, 1.82) is 0 Å². The SMILES string of the molecule is COc1cccc2c1CCC2CC(=O)O. The molecule has 0 saturated carbocycles. The van der Waals surface area contributed by atoms with Gasteiger partial charge in [-0.05, 0) is 36.0 Å². The van der Waals surface area contributed by atoms with Crippen LogP contribution in [0.4, 0.5) is 0 Å². The van der Waals surface area contributed by atoms with Gasteiger partial charge in [0.15, 0.2) is 0 Å². The number of carbonyl (C=O) groups is 1. The number of methoxy groups -OCH3 is 1. The van der Waals surface area contributed by atoms with Crippen LogP contribution in [0, 0.1) is 0 Å². The number of ether oxygens (including phenoxy) is 1. The summed E-state index contributed by atoms with van der Waals surface area (Å²) in [6.45, 7) is 0. The summed E-state index contributed by atoms with van der Waals surface area (Å²) in [6.07, 6.45) is 2.07. The summed E-state index contributed by atoms with van der Waals surface area (Å²) >= 11 is 0. The van der Waals surface area contributed by atoms with Gasteiger partial charge >= 0.3 is 5.97 Å². The molecule has 0 saturated heterocycles. The van der Waals surface area contributed by atoms with Crippen LogP contribution < -0.4 is 4.74 Å².